The Bertz CT molecular complexity index is 455. The standard InChI is InChI=1S/C11H11BrN2O2/c1-7(6-8(2)15)13-11(16)9-4-3-5-10(12)14-9/h3-6H,1-2H3,(H,13,16)/b7-6-. The van der Waals surface area contributed by atoms with Crippen molar-refractivity contribution in [3.63, 3.8) is 0 Å². The summed E-state index contributed by atoms with van der Waals surface area (Å²) in [5, 5.41) is 2.57. The lowest BCUT2D eigenvalue weighted by atomic mass is 10.3. The van der Waals surface area contributed by atoms with Gasteiger partial charge >= 0.3 is 0 Å². The fourth-order valence-corrected chi connectivity index (χ4v) is 1.46. The zero-order valence-electron chi connectivity index (χ0n) is 8.95. The van der Waals surface area contributed by atoms with Gasteiger partial charge in [-0.25, -0.2) is 4.98 Å². The molecular weight excluding hydrogens is 272 g/mol. The summed E-state index contributed by atoms with van der Waals surface area (Å²) in [6.07, 6.45) is 1.36. The number of pyridine rings is 1. The molecule has 0 spiro atoms. The Morgan fingerprint density at radius 2 is 2.06 bits per heavy atom. The number of nitrogens with one attached hydrogen (secondary N) is 1. The van der Waals surface area contributed by atoms with Crippen LogP contribution in [0.25, 0.3) is 0 Å². The van der Waals surface area contributed by atoms with E-state index in [-0.39, 0.29) is 11.7 Å². The number of aromatic nitrogens is 1. The minimum absolute atomic E-state index is 0.111. The number of carbonyl (C=O) groups excluding carboxylic acids is 2. The third kappa shape index (κ3) is 3.94. The van der Waals surface area contributed by atoms with Crippen LogP contribution in [0.5, 0.6) is 0 Å². The molecule has 4 nitrogen and oxygen atoms in total. The molecule has 0 saturated carbocycles. The van der Waals surface area contributed by atoms with Crippen LogP contribution in [0, 0.1) is 0 Å². The van der Waals surface area contributed by atoms with Crippen LogP contribution in [0.15, 0.2) is 34.6 Å². The lowest BCUT2D eigenvalue weighted by Gasteiger charge is -2.04. The number of nitrogens with zero attached hydrogens (tertiary/aromatic N) is 1. The van der Waals surface area contributed by atoms with Crippen molar-refractivity contribution in [3.8, 4) is 0 Å². The Hall–Kier alpha value is -1.49. The van der Waals surface area contributed by atoms with Gasteiger partial charge in [0.05, 0.1) is 0 Å². The second kappa shape index (κ2) is 5.55. The highest BCUT2D eigenvalue weighted by molar-refractivity contribution is 9.10. The maximum atomic E-state index is 11.6. The highest BCUT2D eigenvalue weighted by atomic mass is 79.9. The molecule has 1 aromatic rings. The van der Waals surface area contributed by atoms with Gasteiger partial charge in [-0.1, -0.05) is 6.07 Å². The van der Waals surface area contributed by atoms with Crippen molar-refractivity contribution in [1.29, 1.82) is 0 Å². The number of allylic oxidation sites excluding steroid dienone is 2. The molecule has 0 aromatic carbocycles. The number of halogens is 1. The molecule has 1 aromatic heterocycles. The first-order valence-corrected chi connectivity index (χ1v) is 5.41. The molecule has 16 heavy (non-hydrogen) atoms. The lowest BCUT2D eigenvalue weighted by molar-refractivity contribution is -0.112. The number of hydrogen-bond acceptors (Lipinski definition) is 3. The second-order valence-electron chi connectivity index (χ2n) is 3.24. The molecule has 0 aliphatic rings. The van der Waals surface area contributed by atoms with Crippen LogP contribution in [-0.2, 0) is 4.79 Å². The molecule has 1 amide bonds. The van der Waals surface area contributed by atoms with Gasteiger partial charge < -0.3 is 5.32 Å². The van der Waals surface area contributed by atoms with Gasteiger partial charge in [-0.15, -0.1) is 0 Å². The molecule has 1 heterocycles. The van der Waals surface area contributed by atoms with Gasteiger partial charge in [0.25, 0.3) is 5.91 Å². The molecule has 84 valence electrons. The van der Waals surface area contributed by atoms with E-state index in [1.807, 2.05) is 0 Å². The van der Waals surface area contributed by atoms with E-state index in [0.717, 1.165) is 0 Å². The van der Waals surface area contributed by atoms with Gasteiger partial charge in [0.2, 0.25) is 0 Å². The van der Waals surface area contributed by atoms with Crippen LogP contribution in [-0.4, -0.2) is 16.7 Å². The average Bonchev–Trinajstić information content (AvgIpc) is 2.16. The summed E-state index contributed by atoms with van der Waals surface area (Å²) in [5.74, 6) is -0.448. The smallest absolute Gasteiger partial charge is 0.274 e. The summed E-state index contributed by atoms with van der Waals surface area (Å²) in [5.41, 5.74) is 0.796. The van der Waals surface area contributed by atoms with Crippen molar-refractivity contribution in [1.82, 2.24) is 10.3 Å². The van der Waals surface area contributed by atoms with Gasteiger partial charge in [0, 0.05) is 5.70 Å². The average molecular weight is 283 g/mol. The SMILES string of the molecule is CC(=O)/C=C(/C)NC(=O)c1cccc(Br)n1. The zero-order chi connectivity index (χ0) is 12.1. The molecule has 0 aliphatic heterocycles. The van der Waals surface area contributed by atoms with Crippen LogP contribution in [0.3, 0.4) is 0 Å². The Kier molecular flexibility index (Phi) is 4.37. The van der Waals surface area contributed by atoms with E-state index >= 15 is 0 Å². The minimum Gasteiger partial charge on any atom is -0.325 e. The Labute approximate surface area is 102 Å². The van der Waals surface area contributed by atoms with E-state index in [9.17, 15) is 9.59 Å². The fraction of sp³-hybridized carbons (Fsp3) is 0.182. The van der Waals surface area contributed by atoms with E-state index in [2.05, 4.69) is 26.2 Å². The predicted molar refractivity (Wildman–Crippen MR) is 63.8 cm³/mol. The van der Waals surface area contributed by atoms with Gasteiger partial charge in [-0.05, 0) is 48.0 Å². The minimum atomic E-state index is -0.337. The number of ketones is 1. The highest BCUT2D eigenvalue weighted by Crippen LogP contribution is 2.06. The monoisotopic (exact) mass is 282 g/mol. The molecule has 0 radical (unpaired) electrons. The summed E-state index contributed by atoms with van der Waals surface area (Å²) in [7, 11) is 0. The normalized spacial score (nSPS) is 11.1. The summed E-state index contributed by atoms with van der Waals surface area (Å²) in [4.78, 5) is 26.4. The first-order chi connectivity index (χ1) is 7.49. The fourth-order valence-electron chi connectivity index (χ4n) is 1.12. The molecule has 5 heteroatoms. The van der Waals surface area contributed by atoms with E-state index in [1.165, 1.54) is 13.0 Å². The highest BCUT2D eigenvalue weighted by Gasteiger charge is 2.07. The number of hydrogen-bond donors (Lipinski definition) is 1. The second-order valence-corrected chi connectivity index (χ2v) is 4.05. The quantitative estimate of drug-likeness (QED) is 0.682. The first-order valence-electron chi connectivity index (χ1n) is 4.62. The lowest BCUT2D eigenvalue weighted by Crippen LogP contribution is -2.22. The largest absolute Gasteiger partial charge is 0.325 e. The summed E-state index contributed by atoms with van der Waals surface area (Å²) >= 11 is 3.18. The summed E-state index contributed by atoms with van der Waals surface area (Å²) < 4.78 is 0.591. The van der Waals surface area contributed by atoms with Crippen molar-refractivity contribution >= 4 is 27.6 Å². The van der Waals surface area contributed by atoms with Crippen LogP contribution in [0.2, 0.25) is 0 Å². The van der Waals surface area contributed by atoms with Gasteiger partial charge in [-0.2, -0.15) is 0 Å². The van der Waals surface area contributed by atoms with Gasteiger partial charge in [0.1, 0.15) is 10.3 Å². The van der Waals surface area contributed by atoms with Gasteiger partial charge in [0.15, 0.2) is 5.78 Å². The third-order valence-corrected chi connectivity index (χ3v) is 2.12. The number of rotatable bonds is 3. The molecule has 0 bridgehead atoms. The van der Waals surface area contributed by atoms with Crippen molar-refractivity contribution in [2.45, 2.75) is 13.8 Å². The van der Waals surface area contributed by atoms with Gasteiger partial charge in [-0.3, -0.25) is 9.59 Å². The molecule has 1 rings (SSSR count). The summed E-state index contributed by atoms with van der Waals surface area (Å²) in [6.45, 7) is 3.07. The number of carbonyl (C=O) groups is 2. The molecule has 0 atom stereocenters. The third-order valence-electron chi connectivity index (χ3n) is 1.68. The van der Waals surface area contributed by atoms with Crippen LogP contribution >= 0.6 is 15.9 Å². The summed E-state index contributed by atoms with van der Waals surface area (Å²) in [6, 6.07) is 5.05. The zero-order valence-corrected chi connectivity index (χ0v) is 10.5. The molecule has 0 aliphatic carbocycles. The Morgan fingerprint density at radius 3 is 2.62 bits per heavy atom. The Balaban J connectivity index is 2.77. The van der Waals surface area contributed by atoms with E-state index < -0.39 is 0 Å². The van der Waals surface area contributed by atoms with E-state index in [4.69, 9.17) is 0 Å². The first kappa shape index (κ1) is 12.6. The molecule has 1 N–H and O–H groups in total. The maximum absolute atomic E-state index is 11.6. The molecule has 0 unspecified atom stereocenters. The van der Waals surface area contributed by atoms with Crippen molar-refractivity contribution in [3.05, 3.63) is 40.3 Å². The number of amides is 1. The van der Waals surface area contributed by atoms with Crippen LogP contribution < -0.4 is 5.32 Å². The predicted octanol–water partition coefficient (Wildman–Crippen LogP) is 2.07. The van der Waals surface area contributed by atoms with E-state index in [0.29, 0.717) is 16.0 Å². The Morgan fingerprint density at radius 1 is 1.38 bits per heavy atom. The van der Waals surface area contributed by atoms with Crippen molar-refractivity contribution in [2.75, 3.05) is 0 Å². The molecule has 0 fully saturated rings. The van der Waals surface area contributed by atoms with Crippen LogP contribution in [0.4, 0.5) is 0 Å². The van der Waals surface area contributed by atoms with Crippen LogP contribution in [0.1, 0.15) is 24.3 Å². The molecular formula is C11H11BrN2O2. The maximum Gasteiger partial charge on any atom is 0.274 e. The topological polar surface area (TPSA) is 59.1 Å². The van der Waals surface area contributed by atoms with Crippen molar-refractivity contribution in [2.24, 2.45) is 0 Å². The van der Waals surface area contributed by atoms with E-state index in [1.54, 1.807) is 25.1 Å². The van der Waals surface area contributed by atoms with Crippen molar-refractivity contribution < 1.29 is 9.59 Å². The molecule has 0 saturated heterocycles.